The van der Waals surface area contributed by atoms with Crippen molar-refractivity contribution in [1.82, 2.24) is 10.3 Å². The SMILES string of the molecule is CCOC(=O)CCCNC(=O)COC(=O)c1cccnc1Nc1cccc(C(F)(F)F)c1. The number of pyridine rings is 1. The summed E-state index contributed by atoms with van der Waals surface area (Å²) in [6, 6.07) is 7.23. The number of aromatic nitrogens is 1. The molecule has 1 aromatic carbocycles. The highest BCUT2D eigenvalue weighted by Crippen LogP contribution is 2.31. The highest BCUT2D eigenvalue weighted by molar-refractivity contribution is 5.96. The number of hydrogen-bond donors (Lipinski definition) is 2. The lowest BCUT2D eigenvalue weighted by atomic mass is 10.2. The molecule has 0 saturated heterocycles. The van der Waals surface area contributed by atoms with Gasteiger partial charge in [-0.15, -0.1) is 0 Å². The van der Waals surface area contributed by atoms with Gasteiger partial charge >= 0.3 is 18.1 Å². The van der Waals surface area contributed by atoms with Crippen molar-refractivity contribution in [3.05, 3.63) is 53.7 Å². The van der Waals surface area contributed by atoms with Gasteiger partial charge in [0.2, 0.25) is 0 Å². The molecule has 0 unspecified atom stereocenters. The summed E-state index contributed by atoms with van der Waals surface area (Å²) >= 11 is 0. The minimum Gasteiger partial charge on any atom is -0.466 e. The molecule has 0 bridgehead atoms. The number of carbonyl (C=O) groups excluding carboxylic acids is 3. The number of ether oxygens (including phenoxy) is 2. The van der Waals surface area contributed by atoms with Gasteiger partial charge in [-0.25, -0.2) is 9.78 Å². The van der Waals surface area contributed by atoms with E-state index in [9.17, 15) is 27.6 Å². The van der Waals surface area contributed by atoms with Crippen LogP contribution < -0.4 is 10.6 Å². The van der Waals surface area contributed by atoms with Crippen molar-refractivity contribution in [3.63, 3.8) is 0 Å². The number of alkyl halides is 3. The zero-order chi connectivity index (χ0) is 23.6. The summed E-state index contributed by atoms with van der Waals surface area (Å²) in [6.45, 7) is 1.59. The van der Waals surface area contributed by atoms with Gasteiger partial charge in [0, 0.05) is 24.8 Å². The van der Waals surface area contributed by atoms with Crippen molar-refractivity contribution in [1.29, 1.82) is 0 Å². The number of esters is 2. The van der Waals surface area contributed by atoms with E-state index in [1.54, 1.807) is 6.92 Å². The Morgan fingerprint density at radius 1 is 1.09 bits per heavy atom. The molecule has 0 saturated carbocycles. The molecule has 8 nitrogen and oxygen atoms in total. The van der Waals surface area contributed by atoms with Crippen LogP contribution in [0.3, 0.4) is 0 Å². The molecule has 1 amide bonds. The second kappa shape index (κ2) is 11.7. The van der Waals surface area contributed by atoms with Gasteiger partial charge in [0.15, 0.2) is 6.61 Å². The topological polar surface area (TPSA) is 107 Å². The van der Waals surface area contributed by atoms with Gasteiger partial charge in [-0.2, -0.15) is 13.2 Å². The van der Waals surface area contributed by atoms with Crippen molar-refractivity contribution in [3.8, 4) is 0 Å². The monoisotopic (exact) mass is 453 g/mol. The average Bonchev–Trinajstić information content (AvgIpc) is 2.75. The predicted octanol–water partition coefficient (Wildman–Crippen LogP) is 3.46. The molecule has 2 rings (SSSR count). The molecule has 172 valence electrons. The molecular weight excluding hydrogens is 431 g/mol. The first-order valence-corrected chi connectivity index (χ1v) is 9.69. The van der Waals surface area contributed by atoms with Crippen LogP contribution in [-0.4, -0.2) is 42.6 Å². The standard InChI is InChI=1S/C21H22F3N3O5/c1-2-31-18(29)9-5-10-25-17(28)13-32-20(30)16-8-4-11-26-19(16)27-15-7-3-6-14(12-15)21(22,23)24/h3-4,6-8,11-12H,2,5,9-10,13H2,1H3,(H,25,28)(H,26,27). The molecule has 0 aliphatic carbocycles. The molecule has 0 spiro atoms. The van der Waals surface area contributed by atoms with Crippen LogP contribution in [0, 0.1) is 0 Å². The molecule has 1 heterocycles. The van der Waals surface area contributed by atoms with Gasteiger partial charge in [-0.1, -0.05) is 6.07 Å². The molecule has 0 aliphatic rings. The number of hydrogen-bond acceptors (Lipinski definition) is 7. The third-order valence-corrected chi connectivity index (χ3v) is 4.00. The summed E-state index contributed by atoms with van der Waals surface area (Å²) in [6.07, 6.45) is -2.66. The summed E-state index contributed by atoms with van der Waals surface area (Å²) in [4.78, 5) is 39.4. The lowest BCUT2D eigenvalue weighted by Gasteiger charge is -2.12. The average molecular weight is 453 g/mol. The van der Waals surface area contributed by atoms with E-state index >= 15 is 0 Å². The Morgan fingerprint density at radius 3 is 2.59 bits per heavy atom. The number of benzene rings is 1. The first-order valence-electron chi connectivity index (χ1n) is 9.69. The van der Waals surface area contributed by atoms with Gasteiger partial charge in [0.25, 0.3) is 5.91 Å². The normalized spacial score (nSPS) is 10.9. The zero-order valence-corrected chi connectivity index (χ0v) is 17.2. The fourth-order valence-electron chi connectivity index (χ4n) is 2.53. The van der Waals surface area contributed by atoms with Gasteiger partial charge in [-0.05, 0) is 43.7 Å². The Hall–Kier alpha value is -3.63. The molecule has 0 aliphatic heterocycles. The first kappa shape index (κ1) is 24.6. The molecule has 11 heteroatoms. The van der Waals surface area contributed by atoms with E-state index < -0.39 is 30.2 Å². The van der Waals surface area contributed by atoms with Crippen LogP contribution in [0.15, 0.2) is 42.6 Å². The molecule has 2 N–H and O–H groups in total. The number of anilines is 2. The van der Waals surface area contributed by atoms with Crippen LogP contribution in [0.5, 0.6) is 0 Å². The third-order valence-electron chi connectivity index (χ3n) is 4.00. The quantitative estimate of drug-likeness (QED) is 0.419. The fraction of sp³-hybridized carbons (Fsp3) is 0.333. The van der Waals surface area contributed by atoms with E-state index in [2.05, 4.69) is 15.6 Å². The second-order valence-electron chi connectivity index (χ2n) is 6.44. The molecule has 0 radical (unpaired) electrons. The van der Waals surface area contributed by atoms with Gasteiger partial charge in [-0.3, -0.25) is 9.59 Å². The van der Waals surface area contributed by atoms with Crippen LogP contribution in [0.4, 0.5) is 24.7 Å². The van der Waals surface area contributed by atoms with E-state index in [0.29, 0.717) is 6.42 Å². The minimum atomic E-state index is -4.52. The zero-order valence-electron chi connectivity index (χ0n) is 17.2. The first-order chi connectivity index (χ1) is 15.2. The molecule has 1 aromatic heterocycles. The highest BCUT2D eigenvalue weighted by atomic mass is 19.4. The molecular formula is C21H22F3N3O5. The van der Waals surface area contributed by atoms with Crippen LogP contribution in [-0.2, 0) is 25.2 Å². The number of carbonyl (C=O) groups is 3. The van der Waals surface area contributed by atoms with Gasteiger partial charge in [0.1, 0.15) is 11.4 Å². The summed E-state index contributed by atoms with van der Waals surface area (Å²) in [5, 5.41) is 5.16. The molecule has 32 heavy (non-hydrogen) atoms. The van der Waals surface area contributed by atoms with Gasteiger partial charge in [0.05, 0.1) is 12.2 Å². The van der Waals surface area contributed by atoms with E-state index in [-0.39, 0.29) is 42.6 Å². The van der Waals surface area contributed by atoms with E-state index in [1.165, 1.54) is 30.5 Å². The van der Waals surface area contributed by atoms with E-state index in [4.69, 9.17) is 9.47 Å². The van der Waals surface area contributed by atoms with Crippen LogP contribution in [0.25, 0.3) is 0 Å². The molecule has 0 fully saturated rings. The number of nitrogens with zero attached hydrogens (tertiary/aromatic N) is 1. The summed E-state index contributed by atoms with van der Waals surface area (Å²) < 4.78 is 48.4. The van der Waals surface area contributed by atoms with Crippen LogP contribution in [0.2, 0.25) is 0 Å². The van der Waals surface area contributed by atoms with Crippen molar-refractivity contribution < 1.29 is 37.0 Å². The van der Waals surface area contributed by atoms with Crippen molar-refractivity contribution in [2.24, 2.45) is 0 Å². The fourth-order valence-corrected chi connectivity index (χ4v) is 2.53. The van der Waals surface area contributed by atoms with Crippen LogP contribution in [0.1, 0.15) is 35.7 Å². The minimum absolute atomic E-state index is 0.0216. The van der Waals surface area contributed by atoms with E-state index in [0.717, 1.165) is 12.1 Å². The van der Waals surface area contributed by atoms with Crippen molar-refractivity contribution >= 4 is 29.4 Å². The maximum Gasteiger partial charge on any atom is 0.416 e. The van der Waals surface area contributed by atoms with Crippen molar-refractivity contribution in [2.45, 2.75) is 25.9 Å². The lowest BCUT2D eigenvalue weighted by Crippen LogP contribution is -2.30. The Kier molecular flexibility index (Phi) is 8.99. The third kappa shape index (κ3) is 7.89. The summed E-state index contributed by atoms with van der Waals surface area (Å²) in [5.74, 6) is -1.84. The maximum atomic E-state index is 12.9. The Morgan fingerprint density at radius 2 is 1.88 bits per heavy atom. The maximum absolute atomic E-state index is 12.9. The van der Waals surface area contributed by atoms with Gasteiger partial charge < -0.3 is 20.1 Å². The summed E-state index contributed by atoms with van der Waals surface area (Å²) in [7, 11) is 0. The van der Waals surface area contributed by atoms with Crippen LogP contribution >= 0.6 is 0 Å². The highest BCUT2D eigenvalue weighted by Gasteiger charge is 2.30. The second-order valence-corrected chi connectivity index (χ2v) is 6.44. The Labute approximate surface area is 182 Å². The lowest BCUT2D eigenvalue weighted by molar-refractivity contribution is -0.143. The largest absolute Gasteiger partial charge is 0.466 e. The number of rotatable bonds is 10. The smallest absolute Gasteiger partial charge is 0.416 e. The van der Waals surface area contributed by atoms with Crippen molar-refractivity contribution in [2.75, 3.05) is 25.1 Å². The van der Waals surface area contributed by atoms with E-state index in [1.807, 2.05) is 0 Å². The number of nitrogens with one attached hydrogen (secondary N) is 2. The number of amides is 1. The molecule has 0 atom stereocenters. The summed E-state index contributed by atoms with van der Waals surface area (Å²) in [5.41, 5.74) is -0.839. The Balaban J connectivity index is 1.91. The Bertz CT molecular complexity index is 950. The predicted molar refractivity (Wildman–Crippen MR) is 108 cm³/mol. The molecule has 2 aromatic rings. The number of halogens is 3.